The number of fused-ring (bicyclic) bond motifs is 1. The molecule has 196 valence electrons. The topological polar surface area (TPSA) is 175 Å². The lowest BCUT2D eigenvalue weighted by Gasteiger charge is -2.40. The first-order valence-electron chi connectivity index (χ1n) is 11.6. The second-order valence-electron chi connectivity index (χ2n) is 8.74. The van der Waals surface area contributed by atoms with Gasteiger partial charge in [-0.2, -0.15) is 0 Å². The zero-order valence-electron chi connectivity index (χ0n) is 20.5. The second-order valence-corrected chi connectivity index (χ2v) is 8.74. The fourth-order valence-electron chi connectivity index (χ4n) is 4.16. The molecule has 13 nitrogen and oxygen atoms in total. The van der Waals surface area contributed by atoms with Crippen LogP contribution in [0.4, 0.5) is 17.3 Å². The minimum Gasteiger partial charge on any atom is -0.465 e. The first-order valence-corrected chi connectivity index (χ1v) is 11.6. The molecule has 2 amide bonds. The van der Waals surface area contributed by atoms with Crippen LogP contribution in [0.2, 0.25) is 0 Å². The predicted molar refractivity (Wildman–Crippen MR) is 135 cm³/mol. The van der Waals surface area contributed by atoms with Crippen LogP contribution in [0.25, 0.3) is 16.7 Å². The molecule has 1 saturated heterocycles. The number of carbonyl (C=O) groups excluding carboxylic acids is 3. The highest BCUT2D eigenvalue weighted by molar-refractivity contribution is 6.06. The Kier molecular flexibility index (Phi) is 6.30. The molecule has 4 N–H and O–H groups in total. The molecule has 1 fully saturated rings. The number of anilines is 3. The van der Waals surface area contributed by atoms with Crippen molar-refractivity contribution in [2.75, 3.05) is 36.2 Å². The van der Waals surface area contributed by atoms with Gasteiger partial charge in [0.05, 0.1) is 36.9 Å². The predicted octanol–water partition coefficient (Wildman–Crippen LogP) is 1.50. The van der Waals surface area contributed by atoms with Gasteiger partial charge in [-0.05, 0) is 43.3 Å². The van der Waals surface area contributed by atoms with Crippen molar-refractivity contribution in [2.45, 2.75) is 18.6 Å². The van der Waals surface area contributed by atoms with Gasteiger partial charge in [-0.15, -0.1) is 5.10 Å². The number of morpholine rings is 1. The summed E-state index contributed by atoms with van der Waals surface area (Å²) < 4.78 is 17.0. The quantitative estimate of drug-likeness (QED) is 0.316. The van der Waals surface area contributed by atoms with Crippen LogP contribution >= 0.6 is 0 Å². The van der Waals surface area contributed by atoms with Gasteiger partial charge in [0.15, 0.2) is 28.9 Å². The minimum atomic E-state index is -1.87. The number of rotatable bonds is 6. The largest absolute Gasteiger partial charge is 0.465 e. The highest BCUT2D eigenvalue weighted by Crippen LogP contribution is 2.29. The number of amides is 2. The Hall–Kier alpha value is -4.75. The van der Waals surface area contributed by atoms with Gasteiger partial charge in [0.1, 0.15) is 0 Å². The SMILES string of the molecule is COC(=O)c1ccc(-n2ccc(N3CCO[C@](C)([C@@H](O)C(=O)Nc4ccc5c(N)noc5c4)C3=O)n2)cc1. The summed E-state index contributed by atoms with van der Waals surface area (Å²) in [6.07, 6.45) is -0.181. The van der Waals surface area contributed by atoms with Crippen molar-refractivity contribution >= 4 is 46.1 Å². The van der Waals surface area contributed by atoms with Gasteiger partial charge in [0, 0.05) is 24.0 Å². The maximum Gasteiger partial charge on any atom is 0.337 e. The summed E-state index contributed by atoms with van der Waals surface area (Å²) >= 11 is 0. The minimum absolute atomic E-state index is 0.0660. The number of ether oxygens (including phenoxy) is 2. The molecule has 3 heterocycles. The van der Waals surface area contributed by atoms with E-state index in [2.05, 4.69) is 15.6 Å². The van der Waals surface area contributed by atoms with Crippen LogP contribution in [0, 0.1) is 0 Å². The molecule has 4 aromatic rings. The third-order valence-electron chi connectivity index (χ3n) is 6.33. The van der Waals surface area contributed by atoms with Crippen molar-refractivity contribution in [1.29, 1.82) is 0 Å². The van der Waals surface area contributed by atoms with Crippen molar-refractivity contribution in [3.63, 3.8) is 0 Å². The molecular weight excluding hydrogens is 496 g/mol. The molecule has 0 unspecified atom stereocenters. The standard InChI is InChI=1S/C25H24N6O7/c1-25(20(32)22(33)27-15-5-8-17-18(13-15)38-29-21(17)26)24(35)30(11-12-37-25)19-9-10-31(28-19)16-6-3-14(4-7-16)23(34)36-2/h3-10,13,20,32H,11-12H2,1-2H3,(H2,26,29)(H,27,33)/t20-,25+/m0/s1. The number of nitrogens with zero attached hydrogens (tertiary/aromatic N) is 4. The van der Waals surface area contributed by atoms with Crippen molar-refractivity contribution in [3.05, 3.63) is 60.3 Å². The lowest BCUT2D eigenvalue weighted by Crippen LogP contribution is -2.63. The average Bonchev–Trinajstić information content (AvgIpc) is 3.56. The van der Waals surface area contributed by atoms with Crippen LogP contribution in [0.5, 0.6) is 0 Å². The molecule has 1 aliphatic heterocycles. The van der Waals surface area contributed by atoms with Gasteiger partial charge in [-0.25, -0.2) is 9.48 Å². The Morgan fingerprint density at radius 3 is 2.71 bits per heavy atom. The number of aliphatic hydroxyl groups is 1. The smallest absolute Gasteiger partial charge is 0.337 e. The van der Waals surface area contributed by atoms with E-state index in [0.29, 0.717) is 33.7 Å². The van der Waals surface area contributed by atoms with Crippen molar-refractivity contribution in [3.8, 4) is 5.69 Å². The highest BCUT2D eigenvalue weighted by atomic mass is 16.5. The lowest BCUT2D eigenvalue weighted by atomic mass is 9.94. The molecule has 0 aliphatic carbocycles. The number of benzene rings is 2. The molecule has 1 aliphatic rings. The summed E-state index contributed by atoms with van der Waals surface area (Å²) in [5, 5.41) is 22.1. The zero-order chi connectivity index (χ0) is 27.0. The molecule has 2 atom stereocenters. The maximum atomic E-state index is 13.4. The van der Waals surface area contributed by atoms with Crippen LogP contribution in [-0.4, -0.2) is 69.8 Å². The second kappa shape index (κ2) is 9.61. The molecule has 0 saturated carbocycles. The Balaban J connectivity index is 1.32. The summed E-state index contributed by atoms with van der Waals surface area (Å²) in [6, 6.07) is 12.9. The van der Waals surface area contributed by atoms with Gasteiger partial charge >= 0.3 is 5.97 Å². The molecule has 38 heavy (non-hydrogen) atoms. The monoisotopic (exact) mass is 520 g/mol. The average molecular weight is 521 g/mol. The van der Waals surface area contributed by atoms with Crippen molar-refractivity contribution in [1.82, 2.24) is 14.9 Å². The number of nitrogens with two attached hydrogens (primary N) is 1. The van der Waals surface area contributed by atoms with Crippen molar-refractivity contribution in [2.24, 2.45) is 0 Å². The fourth-order valence-corrected chi connectivity index (χ4v) is 4.16. The first kappa shape index (κ1) is 24.9. The van der Waals surface area contributed by atoms with Gasteiger partial charge in [-0.3, -0.25) is 14.5 Å². The Morgan fingerprint density at radius 1 is 1.21 bits per heavy atom. The Labute approximate surface area is 215 Å². The molecule has 2 aromatic carbocycles. The number of methoxy groups -OCH3 is 1. The number of nitrogen functional groups attached to an aromatic ring is 1. The third-order valence-corrected chi connectivity index (χ3v) is 6.33. The van der Waals surface area contributed by atoms with Crippen LogP contribution in [0.15, 0.2) is 59.3 Å². The number of hydrogen-bond donors (Lipinski definition) is 3. The fraction of sp³-hybridized carbons (Fsp3) is 0.240. The summed E-state index contributed by atoms with van der Waals surface area (Å²) in [5.41, 5.74) is 5.55. The summed E-state index contributed by atoms with van der Waals surface area (Å²) in [6.45, 7) is 1.59. The van der Waals surface area contributed by atoms with E-state index in [0.717, 1.165) is 0 Å². The molecule has 0 radical (unpaired) electrons. The normalized spacial score (nSPS) is 18.4. The molecule has 13 heteroatoms. The Morgan fingerprint density at radius 2 is 1.97 bits per heavy atom. The van der Waals surface area contributed by atoms with E-state index in [-0.39, 0.29) is 19.0 Å². The zero-order valence-corrected chi connectivity index (χ0v) is 20.5. The van der Waals surface area contributed by atoms with E-state index >= 15 is 0 Å². The van der Waals surface area contributed by atoms with Gasteiger partial charge in [-0.1, -0.05) is 5.16 Å². The van der Waals surface area contributed by atoms with Gasteiger partial charge < -0.3 is 30.2 Å². The van der Waals surface area contributed by atoms with E-state index in [9.17, 15) is 19.5 Å². The van der Waals surface area contributed by atoms with Crippen LogP contribution < -0.4 is 16.0 Å². The first-order chi connectivity index (χ1) is 18.2. The molecule has 5 rings (SSSR count). The number of carbonyl (C=O) groups is 3. The molecular formula is C25H24N6O7. The molecule has 0 bridgehead atoms. The van der Waals surface area contributed by atoms with Crippen molar-refractivity contribution < 1.29 is 33.5 Å². The molecule has 2 aromatic heterocycles. The third kappa shape index (κ3) is 4.33. The van der Waals surface area contributed by atoms with Crippen LogP contribution in [0.3, 0.4) is 0 Å². The van der Waals surface area contributed by atoms with Gasteiger partial charge in [0.2, 0.25) is 0 Å². The van der Waals surface area contributed by atoms with E-state index in [1.165, 1.54) is 29.7 Å². The molecule has 0 spiro atoms. The Bertz CT molecular complexity index is 1530. The summed E-state index contributed by atoms with van der Waals surface area (Å²) in [5.74, 6) is -1.40. The lowest BCUT2D eigenvalue weighted by molar-refractivity contribution is -0.170. The number of hydrogen-bond acceptors (Lipinski definition) is 10. The van der Waals surface area contributed by atoms with Gasteiger partial charge in [0.25, 0.3) is 11.8 Å². The summed E-state index contributed by atoms with van der Waals surface area (Å²) in [7, 11) is 1.30. The maximum absolute atomic E-state index is 13.4. The highest BCUT2D eigenvalue weighted by Gasteiger charge is 2.51. The van der Waals surface area contributed by atoms with E-state index in [1.54, 1.807) is 48.7 Å². The van der Waals surface area contributed by atoms with Crippen LogP contribution in [0.1, 0.15) is 17.3 Å². The van der Waals surface area contributed by atoms with Crippen LogP contribution in [-0.2, 0) is 19.1 Å². The summed E-state index contributed by atoms with van der Waals surface area (Å²) in [4.78, 5) is 39.4. The van der Waals surface area contributed by atoms with E-state index < -0.39 is 29.5 Å². The number of esters is 1. The number of aliphatic hydroxyl groups excluding tert-OH is 1. The number of nitrogens with one attached hydrogen (secondary N) is 1. The number of aromatic nitrogens is 3. The van der Waals surface area contributed by atoms with E-state index in [4.69, 9.17) is 19.7 Å². The van der Waals surface area contributed by atoms with E-state index in [1.807, 2.05) is 0 Å².